The molecule has 0 bridgehead atoms. The lowest BCUT2D eigenvalue weighted by atomic mass is 10.3. The van der Waals surface area contributed by atoms with E-state index in [1.807, 2.05) is 20.0 Å². The van der Waals surface area contributed by atoms with E-state index in [0.717, 1.165) is 22.4 Å². The molecular formula is C12H12BrClN4. The number of rotatable bonds is 3. The highest BCUT2D eigenvalue weighted by Crippen LogP contribution is 2.26. The molecule has 2 aromatic rings. The van der Waals surface area contributed by atoms with Gasteiger partial charge < -0.3 is 5.32 Å². The molecule has 0 saturated heterocycles. The summed E-state index contributed by atoms with van der Waals surface area (Å²) < 4.78 is 0.894. The number of anilines is 1. The van der Waals surface area contributed by atoms with E-state index in [4.69, 9.17) is 11.6 Å². The molecule has 0 spiro atoms. The van der Waals surface area contributed by atoms with E-state index in [0.29, 0.717) is 16.5 Å². The van der Waals surface area contributed by atoms with Crippen LogP contribution in [0.15, 0.2) is 22.8 Å². The molecule has 2 heterocycles. The van der Waals surface area contributed by atoms with Crippen molar-refractivity contribution in [2.75, 3.05) is 12.4 Å². The lowest BCUT2D eigenvalue weighted by molar-refractivity contribution is 0.985. The predicted octanol–water partition coefficient (Wildman–Crippen LogP) is 3.56. The number of aryl methyl sites for hydroxylation is 1. The molecular weight excluding hydrogens is 316 g/mol. The molecule has 0 aliphatic rings. The van der Waals surface area contributed by atoms with Gasteiger partial charge in [0.1, 0.15) is 11.5 Å². The van der Waals surface area contributed by atoms with Gasteiger partial charge in [-0.25, -0.2) is 9.97 Å². The van der Waals surface area contributed by atoms with Gasteiger partial charge in [0.15, 0.2) is 5.82 Å². The van der Waals surface area contributed by atoms with E-state index >= 15 is 0 Å². The number of nitrogens with zero attached hydrogens (tertiary/aromatic N) is 3. The molecule has 4 nitrogen and oxygen atoms in total. The van der Waals surface area contributed by atoms with Gasteiger partial charge in [-0.15, -0.1) is 0 Å². The molecule has 6 heteroatoms. The maximum Gasteiger partial charge on any atom is 0.180 e. The predicted molar refractivity (Wildman–Crippen MR) is 76.9 cm³/mol. The smallest absolute Gasteiger partial charge is 0.180 e. The van der Waals surface area contributed by atoms with Gasteiger partial charge in [0.25, 0.3) is 0 Å². The Bertz CT molecular complexity index is 531. The zero-order valence-electron chi connectivity index (χ0n) is 10.0. The first-order valence-corrected chi connectivity index (χ1v) is 6.69. The third-order valence-electron chi connectivity index (χ3n) is 2.45. The van der Waals surface area contributed by atoms with Crippen molar-refractivity contribution in [2.45, 2.75) is 13.3 Å². The number of halogens is 2. The van der Waals surface area contributed by atoms with E-state index < -0.39 is 0 Å². The average molecular weight is 328 g/mol. The van der Waals surface area contributed by atoms with Crippen molar-refractivity contribution in [2.24, 2.45) is 0 Å². The summed E-state index contributed by atoms with van der Waals surface area (Å²) in [6, 6.07) is 3.59. The number of hydrogen-bond acceptors (Lipinski definition) is 4. The Morgan fingerprint density at radius 3 is 2.67 bits per heavy atom. The van der Waals surface area contributed by atoms with Crippen LogP contribution >= 0.6 is 27.5 Å². The fourth-order valence-electron chi connectivity index (χ4n) is 1.52. The van der Waals surface area contributed by atoms with Crippen molar-refractivity contribution in [3.05, 3.63) is 33.5 Å². The molecule has 18 heavy (non-hydrogen) atoms. The van der Waals surface area contributed by atoms with Crippen LogP contribution in [0.4, 0.5) is 5.82 Å². The van der Waals surface area contributed by atoms with Crippen molar-refractivity contribution in [1.29, 1.82) is 0 Å². The first-order valence-electron chi connectivity index (χ1n) is 5.51. The number of hydrogen-bond donors (Lipinski definition) is 1. The van der Waals surface area contributed by atoms with Crippen molar-refractivity contribution < 1.29 is 0 Å². The summed E-state index contributed by atoms with van der Waals surface area (Å²) in [4.78, 5) is 13.1. The molecule has 0 unspecified atom stereocenters. The van der Waals surface area contributed by atoms with Crippen molar-refractivity contribution >= 4 is 33.3 Å². The molecule has 0 atom stereocenters. The van der Waals surface area contributed by atoms with Gasteiger partial charge in [-0.2, -0.15) is 0 Å². The van der Waals surface area contributed by atoms with Gasteiger partial charge in [0.05, 0.1) is 15.2 Å². The maximum atomic E-state index is 5.82. The van der Waals surface area contributed by atoms with Crippen LogP contribution in [-0.4, -0.2) is 22.0 Å². The molecule has 2 rings (SSSR count). The summed E-state index contributed by atoms with van der Waals surface area (Å²) in [6.07, 6.45) is 2.41. The summed E-state index contributed by atoms with van der Waals surface area (Å²) in [5.41, 5.74) is 1.65. The second kappa shape index (κ2) is 5.63. The quantitative estimate of drug-likeness (QED) is 0.936. The summed E-state index contributed by atoms with van der Waals surface area (Å²) in [5.74, 6) is 1.35. The van der Waals surface area contributed by atoms with E-state index in [-0.39, 0.29) is 0 Å². The molecule has 94 valence electrons. The average Bonchev–Trinajstić information content (AvgIpc) is 2.40. The van der Waals surface area contributed by atoms with E-state index in [1.165, 1.54) is 0 Å². The van der Waals surface area contributed by atoms with Crippen LogP contribution in [0.2, 0.25) is 5.02 Å². The first kappa shape index (κ1) is 13.2. The second-order valence-electron chi connectivity index (χ2n) is 3.62. The lowest BCUT2D eigenvalue weighted by Crippen LogP contribution is -2.03. The minimum atomic E-state index is 0.594. The molecule has 1 N–H and O–H groups in total. The minimum Gasteiger partial charge on any atom is -0.372 e. The van der Waals surface area contributed by atoms with Crippen molar-refractivity contribution in [3.63, 3.8) is 0 Å². The third kappa shape index (κ3) is 2.62. The molecule has 0 saturated carbocycles. The summed E-state index contributed by atoms with van der Waals surface area (Å²) in [7, 11) is 1.83. The molecule has 0 aromatic carbocycles. The van der Waals surface area contributed by atoms with Crippen LogP contribution in [0.1, 0.15) is 12.6 Å². The number of pyridine rings is 1. The second-order valence-corrected chi connectivity index (χ2v) is 4.85. The Morgan fingerprint density at radius 1 is 1.33 bits per heavy atom. The van der Waals surface area contributed by atoms with Crippen LogP contribution < -0.4 is 5.32 Å². The fourth-order valence-corrected chi connectivity index (χ4v) is 2.28. The van der Waals surface area contributed by atoms with E-state index in [1.54, 1.807) is 12.3 Å². The minimum absolute atomic E-state index is 0.594. The van der Waals surface area contributed by atoms with Gasteiger partial charge in [-0.05, 0) is 34.5 Å². The van der Waals surface area contributed by atoms with Crippen LogP contribution in [0.25, 0.3) is 11.5 Å². The zero-order valence-corrected chi connectivity index (χ0v) is 12.4. The number of nitrogens with one attached hydrogen (secondary N) is 1. The Kier molecular flexibility index (Phi) is 4.14. The van der Waals surface area contributed by atoms with Gasteiger partial charge >= 0.3 is 0 Å². The maximum absolute atomic E-state index is 5.82. The van der Waals surface area contributed by atoms with Crippen molar-refractivity contribution in [3.8, 4) is 11.5 Å². The highest BCUT2D eigenvalue weighted by Gasteiger charge is 2.12. The molecule has 0 fully saturated rings. The lowest BCUT2D eigenvalue weighted by Gasteiger charge is -2.09. The molecule has 2 aromatic heterocycles. The molecule has 0 aliphatic heterocycles. The van der Waals surface area contributed by atoms with Gasteiger partial charge in [0.2, 0.25) is 0 Å². The molecule has 0 radical (unpaired) electrons. The summed E-state index contributed by atoms with van der Waals surface area (Å²) in [5, 5.41) is 3.64. The first-order chi connectivity index (χ1) is 8.65. The standard InChI is InChI=1S/C12H12BrClN4/c1-3-8-10(13)12(15-2)18-11(17-8)9-5-4-7(14)6-16-9/h4-6H,3H2,1-2H3,(H,15,17,18). The van der Waals surface area contributed by atoms with E-state index in [2.05, 4.69) is 36.2 Å². The number of aromatic nitrogens is 3. The van der Waals surface area contributed by atoms with Crippen LogP contribution in [0, 0.1) is 0 Å². The Hall–Kier alpha value is -1.20. The topological polar surface area (TPSA) is 50.7 Å². The fraction of sp³-hybridized carbons (Fsp3) is 0.250. The normalized spacial score (nSPS) is 10.4. The highest BCUT2D eigenvalue weighted by molar-refractivity contribution is 9.10. The largest absolute Gasteiger partial charge is 0.372 e. The highest BCUT2D eigenvalue weighted by atomic mass is 79.9. The van der Waals surface area contributed by atoms with Gasteiger partial charge in [-0.3, -0.25) is 4.98 Å². The van der Waals surface area contributed by atoms with Gasteiger partial charge in [-0.1, -0.05) is 18.5 Å². The third-order valence-corrected chi connectivity index (χ3v) is 3.50. The van der Waals surface area contributed by atoms with Gasteiger partial charge in [0, 0.05) is 13.2 Å². The Labute approximate surface area is 119 Å². The van der Waals surface area contributed by atoms with Crippen molar-refractivity contribution in [1.82, 2.24) is 15.0 Å². The molecule has 0 aliphatic carbocycles. The van der Waals surface area contributed by atoms with Crippen LogP contribution in [0.3, 0.4) is 0 Å². The Morgan fingerprint density at radius 2 is 2.11 bits per heavy atom. The van der Waals surface area contributed by atoms with E-state index in [9.17, 15) is 0 Å². The van der Waals surface area contributed by atoms with Crippen LogP contribution in [-0.2, 0) is 6.42 Å². The monoisotopic (exact) mass is 326 g/mol. The van der Waals surface area contributed by atoms with Crippen LogP contribution in [0.5, 0.6) is 0 Å². The summed E-state index contributed by atoms with van der Waals surface area (Å²) in [6.45, 7) is 2.05. The Balaban J connectivity index is 2.54. The molecule has 0 amide bonds. The SMILES string of the molecule is CCc1nc(-c2ccc(Cl)cn2)nc(NC)c1Br. The zero-order chi connectivity index (χ0) is 13.1. The summed E-state index contributed by atoms with van der Waals surface area (Å²) >= 11 is 9.31.